The smallest absolute Gasteiger partial charge is 0.248 e. The van der Waals surface area contributed by atoms with Crippen LogP contribution in [0.5, 0.6) is 0 Å². The topological polar surface area (TPSA) is 12.0 Å². The summed E-state index contributed by atoms with van der Waals surface area (Å²) in [5, 5.41) is 3.62. The lowest BCUT2D eigenvalue weighted by Gasteiger charge is -2.40. The number of hydrogen-bond acceptors (Lipinski definition) is 1. The first-order valence-electron chi connectivity index (χ1n) is 8.13. The molecule has 2 aliphatic carbocycles. The van der Waals surface area contributed by atoms with Crippen LogP contribution >= 0.6 is 0 Å². The Morgan fingerprint density at radius 2 is 1.53 bits per heavy atom. The van der Waals surface area contributed by atoms with Crippen molar-refractivity contribution in [2.45, 2.75) is 77.2 Å². The van der Waals surface area contributed by atoms with E-state index in [0.29, 0.717) is 30.7 Å². The first kappa shape index (κ1) is 15.2. The molecule has 2 saturated carbocycles. The maximum absolute atomic E-state index is 13.3. The zero-order valence-corrected chi connectivity index (χ0v) is 12.4. The van der Waals surface area contributed by atoms with Crippen molar-refractivity contribution < 1.29 is 8.78 Å². The molecular weight excluding hydrogens is 244 g/mol. The zero-order valence-electron chi connectivity index (χ0n) is 12.4. The van der Waals surface area contributed by atoms with E-state index >= 15 is 0 Å². The Hall–Kier alpha value is -0.180. The molecule has 2 rings (SSSR count). The van der Waals surface area contributed by atoms with Crippen LogP contribution in [-0.2, 0) is 0 Å². The summed E-state index contributed by atoms with van der Waals surface area (Å²) in [5.41, 5.74) is 0. The van der Waals surface area contributed by atoms with Crippen LogP contribution in [0.1, 0.15) is 65.2 Å². The first-order chi connectivity index (χ1) is 9.02. The lowest BCUT2D eigenvalue weighted by molar-refractivity contribution is -0.0529. The summed E-state index contributed by atoms with van der Waals surface area (Å²) < 4.78 is 26.6. The fourth-order valence-electron chi connectivity index (χ4n) is 4.02. The largest absolute Gasteiger partial charge is 0.314 e. The maximum Gasteiger partial charge on any atom is 0.248 e. The summed E-state index contributed by atoms with van der Waals surface area (Å²) >= 11 is 0. The molecule has 0 aromatic rings. The predicted octanol–water partition coefficient (Wildman–Crippen LogP) is 4.62. The maximum atomic E-state index is 13.3. The molecule has 0 heterocycles. The highest BCUT2D eigenvalue weighted by Crippen LogP contribution is 2.41. The minimum absolute atomic E-state index is 0.0999. The van der Waals surface area contributed by atoms with Gasteiger partial charge in [0.1, 0.15) is 0 Å². The number of halogens is 2. The van der Waals surface area contributed by atoms with Gasteiger partial charge in [-0.1, -0.05) is 26.7 Å². The fraction of sp³-hybridized carbons (Fsp3) is 1.00. The van der Waals surface area contributed by atoms with Crippen molar-refractivity contribution in [1.82, 2.24) is 5.32 Å². The van der Waals surface area contributed by atoms with E-state index in [4.69, 9.17) is 0 Å². The molecule has 2 fully saturated rings. The van der Waals surface area contributed by atoms with Crippen molar-refractivity contribution in [3.63, 3.8) is 0 Å². The van der Waals surface area contributed by atoms with E-state index in [-0.39, 0.29) is 12.8 Å². The molecule has 0 saturated heterocycles. The van der Waals surface area contributed by atoms with E-state index in [1.54, 1.807) is 0 Å². The van der Waals surface area contributed by atoms with Gasteiger partial charge in [-0.15, -0.1) is 0 Å². The Balaban J connectivity index is 1.92. The Morgan fingerprint density at radius 1 is 1.00 bits per heavy atom. The summed E-state index contributed by atoms with van der Waals surface area (Å²) in [5.74, 6) is -0.353. The van der Waals surface area contributed by atoms with E-state index in [2.05, 4.69) is 19.2 Å². The van der Waals surface area contributed by atoms with Crippen molar-refractivity contribution in [1.29, 1.82) is 0 Å². The molecule has 0 aromatic carbocycles. The van der Waals surface area contributed by atoms with Gasteiger partial charge in [-0.25, -0.2) is 8.78 Å². The molecule has 0 spiro atoms. The van der Waals surface area contributed by atoms with Gasteiger partial charge < -0.3 is 5.32 Å². The highest BCUT2D eigenvalue weighted by molar-refractivity contribution is 4.90. The quantitative estimate of drug-likeness (QED) is 0.788. The molecule has 0 aliphatic heterocycles. The van der Waals surface area contributed by atoms with Crippen LogP contribution in [-0.4, -0.2) is 18.5 Å². The monoisotopic (exact) mass is 273 g/mol. The number of nitrogens with one attached hydrogen (secondary N) is 1. The van der Waals surface area contributed by atoms with Gasteiger partial charge in [-0.2, -0.15) is 0 Å². The third-order valence-electron chi connectivity index (χ3n) is 5.28. The van der Waals surface area contributed by atoms with Crippen LogP contribution in [0.25, 0.3) is 0 Å². The molecular formula is C16H29F2N. The van der Waals surface area contributed by atoms with Crippen molar-refractivity contribution in [3.8, 4) is 0 Å². The van der Waals surface area contributed by atoms with E-state index in [0.717, 1.165) is 12.5 Å². The van der Waals surface area contributed by atoms with Gasteiger partial charge in [0, 0.05) is 18.9 Å². The van der Waals surface area contributed by atoms with Crippen LogP contribution in [0.2, 0.25) is 0 Å². The van der Waals surface area contributed by atoms with Crippen LogP contribution in [0.4, 0.5) is 8.78 Å². The Kier molecular flexibility index (Phi) is 5.22. The predicted molar refractivity (Wildman–Crippen MR) is 75.5 cm³/mol. The molecule has 2 aliphatic rings. The molecule has 0 amide bonds. The van der Waals surface area contributed by atoms with Gasteiger partial charge in [0.05, 0.1) is 0 Å². The van der Waals surface area contributed by atoms with Gasteiger partial charge in [0.2, 0.25) is 5.92 Å². The second-order valence-electron chi connectivity index (χ2n) is 6.80. The molecule has 0 aromatic heterocycles. The minimum Gasteiger partial charge on any atom is -0.314 e. The SMILES string of the molecule is CCNC(C1CCC(C)CC1)C1CCC(F)(F)CC1. The minimum atomic E-state index is -2.39. The molecule has 0 radical (unpaired) electrons. The van der Waals surface area contributed by atoms with Gasteiger partial charge >= 0.3 is 0 Å². The number of rotatable bonds is 4. The van der Waals surface area contributed by atoms with Crippen molar-refractivity contribution >= 4 is 0 Å². The van der Waals surface area contributed by atoms with Gasteiger partial charge in [-0.3, -0.25) is 0 Å². The standard InChI is InChI=1S/C16H29F2N/c1-3-19-15(13-6-4-12(2)5-7-13)14-8-10-16(17,18)11-9-14/h12-15,19H,3-11H2,1-2H3. The normalized spacial score (nSPS) is 34.1. The van der Waals surface area contributed by atoms with E-state index in [9.17, 15) is 8.78 Å². The number of alkyl halides is 2. The Labute approximate surface area is 116 Å². The highest BCUT2D eigenvalue weighted by Gasteiger charge is 2.39. The van der Waals surface area contributed by atoms with Gasteiger partial charge in [0.15, 0.2) is 0 Å². The van der Waals surface area contributed by atoms with E-state index in [1.807, 2.05) is 0 Å². The van der Waals surface area contributed by atoms with Gasteiger partial charge in [0.25, 0.3) is 0 Å². The summed E-state index contributed by atoms with van der Waals surface area (Å²) in [6.45, 7) is 5.43. The average Bonchev–Trinajstić information content (AvgIpc) is 2.38. The highest BCUT2D eigenvalue weighted by atomic mass is 19.3. The molecule has 3 heteroatoms. The van der Waals surface area contributed by atoms with Crippen LogP contribution in [0.3, 0.4) is 0 Å². The number of hydrogen-bond donors (Lipinski definition) is 1. The van der Waals surface area contributed by atoms with Crippen molar-refractivity contribution in [2.75, 3.05) is 6.54 Å². The third kappa shape index (κ3) is 4.14. The van der Waals surface area contributed by atoms with Gasteiger partial charge in [-0.05, 0) is 50.0 Å². The summed E-state index contributed by atoms with van der Waals surface area (Å²) in [4.78, 5) is 0. The first-order valence-corrected chi connectivity index (χ1v) is 8.13. The average molecular weight is 273 g/mol. The summed E-state index contributed by atoms with van der Waals surface area (Å²) in [7, 11) is 0. The molecule has 1 N–H and O–H groups in total. The Bertz CT molecular complexity index is 262. The second kappa shape index (κ2) is 6.51. The summed E-state index contributed by atoms with van der Waals surface area (Å²) in [6, 6.07) is 0.480. The van der Waals surface area contributed by atoms with Crippen LogP contribution < -0.4 is 5.32 Å². The second-order valence-corrected chi connectivity index (χ2v) is 6.80. The molecule has 1 unspecified atom stereocenters. The molecule has 1 nitrogen and oxygen atoms in total. The Morgan fingerprint density at radius 3 is 2.05 bits per heavy atom. The molecule has 1 atom stereocenters. The fourth-order valence-corrected chi connectivity index (χ4v) is 4.02. The molecule has 0 bridgehead atoms. The molecule has 19 heavy (non-hydrogen) atoms. The van der Waals surface area contributed by atoms with Crippen LogP contribution in [0.15, 0.2) is 0 Å². The van der Waals surface area contributed by atoms with Crippen LogP contribution in [0, 0.1) is 17.8 Å². The molecule has 112 valence electrons. The van der Waals surface area contributed by atoms with E-state index < -0.39 is 5.92 Å². The van der Waals surface area contributed by atoms with Crippen molar-refractivity contribution in [3.05, 3.63) is 0 Å². The third-order valence-corrected chi connectivity index (χ3v) is 5.28. The van der Waals surface area contributed by atoms with Crippen molar-refractivity contribution in [2.24, 2.45) is 17.8 Å². The van der Waals surface area contributed by atoms with E-state index in [1.165, 1.54) is 25.7 Å². The lowest BCUT2D eigenvalue weighted by Crippen LogP contribution is -2.45. The summed E-state index contributed by atoms with van der Waals surface area (Å²) in [6.07, 6.45) is 6.81. The lowest BCUT2D eigenvalue weighted by atomic mass is 9.71. The zero-order chi connectivity index (χ0) is 13.9.